The summed E-state index contributed by atoms with van der Waals surface area (Å²) in [6.45, 7) is 0.800. The fourth-order valence-electron chi connectivity index (χ4n) is 1.75. The van der Waals surface area contributed by atoms with E-state index in [9.17, 15) is 0 Å². The zero-order valence-electron chi connectivity index (χ0n) is 10.2. The minimum absolute atomic E-state index is 0.423. The maximum absolute atomic E-state index is 5.64. The quantitative estimate of drug-likeness (QED) is 0.854. The minimum atomic E-state index is 0.423. The van der Waals surface area contributed by atoms with E-state index in [0.29, 0.717) is 4.99 Å². The van der Waals surface area contributed by atoms with E-state index in [1.54, 1.807) is 6.20 Å². The Labute approximate surface area is 112 Å². The average Bonchev–Trinajstić information content (AvgIpc) is 2.40. The van der Waals surface area contributed by atoms with Gasteiger partial charge in [-0.15, -0.1) is 0 Å². The first-order valence-corrected chi connectivity index (χ1v) is 6.07. The normalized spacial score (nSPS) is 10.1. The lowest BCUT2D eigenvalue weighted by Crippen LogP contribution is -2.17. The summed E-state index contributed by atoms with van der Waals surface area (Å²) in [6, 6.07) is 11.9. The monoisotopic (exact) mass is 257 g/mol. The molecular formula is C14H15N3S. The van der Waals surface area contributed by atoms with Crippen molar-refractivity contribution in [3.63, 3.8) is 0 Å². The summed E-state index contributed by atoms with van der Waals surface area (Å²) in [5, 5.41) is 0. The van der Waals surface area contributed by atoms with E-state index < -0.39 is 0 Å². The molecule has 2 aromatic rings. The molecule has 3 nitrogen and oxygen atoms in total. The van der Waals surface area contributed by atoms with E-state index in [1.807, 2.05) is 43.6 Å². The molecule has 0 fully saturated rings. The smallest absolute Gasteiger partial charge is 0.104 e. The Kier molecular flexibility index (Phi) is 3.89. The highest BCUT2D eigenvalue weighted by atomic mass is 32.1. The molecular weight excluding hydrogens is 242 g/mol. The molecule has 0 atom stereocenters. The molecule has 0 aliphatic carbocycles. The molecule has 0 unspecified atom stereocenters. The molecule has 92 valence electrons. The van der Waals surface area contributed by atoms with Crippen LogP contribution in [-0.4, -0.2) is 17.0 Å². The van der Waals surface area contributed by atoms with Crippen LogP contribution in [-0.2, 0) is 6.54 Å². The number of benzene rings is 1. The zero-order chi connectivity index (χ0) is 13.0. The Morgan fingerprint density at radius 2 is 2.17 bits per heavy atom. The van der Waals surface area contributed by atoms with Crippen LogP contribution in [0.25, 0.3) is 0 Å². The van der Waals surface area contributed by atoms with Gasteiger partial charge >= 0.3 is 0 Å². The largest absolute Gasteiger partial charge is 0.389 e. The van der Waals surface area contributed by atoms with Crippen molar-refractivity contribution in [3.05, 3.63) is 59.9 Å². The molecule has 1 aromatic carbocycles. The van der Waals surface area contributed by atoms with Crippen LogP contribution in [0.5, 0.6) is 0 Å². The van der Waals surface area contributed by atoms with E-state index in [4.69, 9.17) is 18.0 Å². The van der Waals surface area contributed by atoms with Crippen LogP contribution in [0.1, 0.15) is 11.1 Å². The van der Waals surface area contributed by atoms with Crippen LogP contribution in [0.2, 0.25) is 0 Å². The number of aromatic nitrogens is 1. The molecule has 0 bridgehead atoms. The Bertz CT molecular complexity index is 540. The van der Waals surface area contributed by atoms with Gasteiger partial charge in [0.2, 0.25) is 0 Å². The minimum Gasteiger partial charge on any atom is -0.389 e. The lowest BCUT2D eigenvalue weighted by atomic mass is 10.2. The van der Waals surface area contributed by atoms with Crippen molar-refractivity contribution in [1.29, 1.82) is 0 Å². The van der Waals surface area contributed by atoms with Crippen molar-refractivity contribution >= 4 is 22.9 Å². The van der Waals surface area contributed by atoms with Crippen molar-refractivity contribution < 1.29 is 0 Å². The first kappa shape index (κ1) is 12.5. The number of rotatable bonds is 4. The molecule has 0 saturated heterocycles. The molecule has 18 heavy (non-hydrogen) atoms. The van der Waals surface area contributed by atoms with Crippen molar-refractivity contribution in [2.45, 2.75) is 6.54 Å². The van der Waals surface area contributed by atoms with Gasteiger partial charge in [0, 0.05) is 37.2 Å². The predicted molar refractivity (Wildman–Crippen MR) is 78.7 cm³/mol. The third-order valence-corrected chi connectivity index (χ3v) is 2.95. The van der Waals surface area contributed by atoms with Crippen molar-refractivity contribution in [2.75, 3.05) is 11.9 Å². The third-order valence-electron chi connectivity index (χ3n) is 2.71. The molecule has 0 aliphatic rings. The van der Waals surface area contributed by atoms with E-state index >= 15 is 0 Å². The average molecular weight is 257 g/mol. The molecule has 1 aromatic heterocycles. The fourth-order valence-corrected chi connectivity index (χ4v) is 1.88. The van der Waals surface area contributed by atoms with Crippen molar-refractivity contribution in [3.8, 4) is 0 Å². The SMILES string of the molecule is CN(Cc1cccnc1)c1cccc(C(N)=S)c1. The van der Waals surface area contributed by atoms with Crippen LogP contribution >= 0.6 is 12.2 Å². The second-order valence-corrected chi connectivity index (χ2v) is 4.57. The second-order valence-electron chi connectivity index (χ2n) is 4.13. The molecule has 2 rings (SSSR count). The first-order valence-electron chi connectivity index (χ1n) is 5.67. The summed E-state index contributed by atoms with van der Waals surface area (Å²) in [7, 11) is 2.03. The highest BCUT2D eigenvalue weighted by Gasteiger charge is 2.04. The Morgan fingerprint density at radius 3 is 2.83 bits per heavy atom. The third kappa shape index (κ3) is 3.05. The van der Waals surface area contributed by atoms with Crippen molar-refractivity contribution in [2.24, 2.45) is 5.73 Å². The van der Waals surface area contributed by atoms with Gasteiger partial charge in [-0.25, -0.2) is 0 Å². The van der Waals surface area contributed by atoms with Gasteiger partial charge in [-0.1, -0.05) is 30.4 Å². The lowest BCUT2D eigenvalue weighted by Gasteiger charge is -2.19. The molecule has 0 saturated carbocycles. The van der Waals surface area contributed by atoms with Gasteiger partial charge in [-0.3, -0.25) is 4.98 Å². The zero-order valence-corrected chi connectivity index (χ0v) is 11.0. The summed E-state index contributed by atoms with van der Waals surface area (Å²) < 4.78 is 0. The number of nitrogens with two attached hydrogens (primary N) is 1. The van der Waals surface area contributed by atoms with E-state index in [1.165, 1.54) is 5.56 Å². The number of thiocarbonyl (C=S) groups is 1. The van der Waals surface area contributed by atoms with E-state index in [-0.39, 0.29) is 0 Å². The molecule has 0 radical (unpaired) electrons. The summed E-state index contributed by atoms with van der Waals surface area (Å²) in [5.41, 5.74) is 8.78. The van der Waals surface area contributed by atoms with Crippen LogP contribution in [0.4, 0.5) is 5.69 Å². The number of hydrogen-bond donors (Lipinski definition) is 1. The van der Waals surface area contributed by atoms with Crippen LogP contribution < -0.4 is 10.6 Å². The van der Waals surface area contributed by atoms with Crippen LogP contribution in [0.15, 0.2) is 48.8 Å². The Hall–Kier alpha value is -1.94. The second kappa shape index (κ2) is 5.60. The Morgan fingerprint density at radius 1 is 1.33 bits per heavy atom. The van der Waals surface area contributed by atoms with Crippen LogP contribution in [0, 0.1) is 0 Å². The first-order chi connectivity index (χ1) is 8.66. The highest BCUT2D eigenvalue weighted by Crippen LogP contribution is 2.17. The summed E-state index contributed by atoms with van der Waals surface area (Å²) in [6.07, 6.45) is 3.64. The Balaban J connectivity index is 2.16. The topological polar surface area (TPSA) is 42.2 Å². The molecule has 0 amide bonds. The summed E-state index contributed by atoms with van der Waals surface area (Å²) in [4.78, 5) is 6.67. The van der Waals surface area contributed by atoms with Gasteiger partial charge in [0.15, 0.2) is 0 Å². The molecule has 4 heteroatoms. The number of pyridine rings is 1. The van der Waals surface area contributed by atoms with Gasteiger partial charge in [-0.05, 0) is 23.8 Å². The maximum Gasteiger partial charge on any atom is 0.104 e. The van der Waals surface area contributed by atoms with Gasteiger partial charge in [0.25, 0.3) is 0 Å². The van der Waals surface area contributed by atoms with Gasteiger partial charge < -0.3 is 10.6 Å². The van der Waals surface area contributed by atoms with Crippen LogP contribution in [0.3, 0.4) is 0 Å². The molecule has 1 heterocycles. The summed E-state index contributed by atoms with van der Waals surface area (Å²) in [5.74, 6) is 0. The van der Waals surface area contributed by atoms with E-state index in [0.717, 1.165) is 17.8 Å². The molecule has 2 N–H and O–H groups in total. The maximum atomic E-state index is 5.64. The molecule has 0 aliphatic heterocycles. The summed E-state index contributed by atoms with van der Waals surface area (Å²) >= 11 is 4.99. The lowest BCUT2D eigenvalue weighted by molar-refractivity contribution is 0.915. The predicted octanol–water partition coefficient (Wildman–Crippen LogP) is 2.35. The number of nitrogens with zero attached hydrogens (tertiary/aromatic N) is 2. The highest BCUT2D eigenvalue weighted by molar-refractivity contribution is 7.80. The van der Waals surface area contributed by atoms with Crippen molar-refractivity contribution in [1.82, 2.24) is 4.98 Å². The number of hydrogen-bond acceptors (Lipinski definition) is 3. The van der Waals surface area contributed by atoms with Gasteiger partial charge in [-0.2, -0.15) is 0 Å². The van der Waals surface area contributed by atoms with Gasteiger partial charge in [0.1, 0.15) is 4.99 Å². The fraction of sp³-hybridized carbons (Fsp3) is 0.143. The van der Waals surface area contributed by atoms with E-state index in [2.05, 4.69) is 16.0 Å². The standard InChI is InChI=1S/C14H15N3S/c1-17(10-11-4-3-7-16-9-11)13-6-2-5-12(8-13)14(15)18/h2-9H,10H2,1H3,(H2,15,18). The number of anilines is 1. The molecule has 0 spiro atoms. The van der Waals surface area contributed by atoms with Gasteiger partial charge in [0.05, 0.1) is 0 Å².